The fourth-order valence-corrected chi connectivity index (χ4v) is 5.39. The molecule has 0 amide bonds. The van der Waals surface area contributed by atoms with E-state index in [2.05, 4.69) is 5.32 Å². The van der Waals surface area contributed by atoms with Crippen molar-refractivity contribution in [2.24, 2.45) is 5.92 Å². The Balaban J connectivity index is 0.00000312. The van der Waals surface area contributed by atoms with Crippen LogP contribution < -0.4 is 5.32 Å². The van der Waals surface area contributed by atoms with Crippen molar-refractivity contribution in [2.75, 3.05) is 26.2 Å². The van der Waals surface area contributed by atoms with Gasteiger partial charge in [-0.15, -0.1) is 12.4 Å². The van der Waals surface area contributed by atoms with Gasteiger partial charge >= 0.3 is 5.97 Å². The third-order valence-corrected chi connectivity index (χ3v) is 6.54. The highest BCUT2D eigenvalue weighted by Crippen LogP contribution is 2.34. The number of hydrogen-bond donors (Lipinski definition) is 2. The van der Waals surface area contributed by atoms with Crippen molar-refractivity contribution in [3.63, 3.8) is 0 Å². The number of carboxylic acid groups (broad SMARTS) is 1. The number of rotatable bonds is 6. The van der Waals surface area contributed by atoms with Gasteiger partial charge in [-0.2, -0.15) is 4.31 Å². The monoisotopic (exact) mass is 434 g/mol. The smallest absolute Gasteiger partial charge is 0.317 e. The minimum atomic E-state index is -3.96. The number of nitrogens with zero attached hydrogens (tertiary/aromatic N) is 1. The number of aliphatic carboxylic acids is 1. The first-order valence-corrected chi connectivity index (χ1v) is 9.48. The molecule has 1 aromatic rings. The molecule has 2 rings (SSSR count). The minimum absolute atomic E-state index is 0. The van der Waals surface area contributed by atoms with E-state index in [1.54, 1.807) is 0 Å². The maximum atomic E-state index is 13.3. The first kappa shape index (κ1) is 22.4. The van der Waals surface area contributed by atoms with E-state index in [9.17, 15) is 17.6 Å². The summed E-state index contributed by atoms with van der Waals surface area (Å²) in [6, 6.07) is 1.83. The molecule has 1 unspecified atom stereocenters. The number of nitrogens with one attached hydrogen (secondary N) is 1. The molecule has 1 aliphatic rings. The molecule has 1 saturated heterocycles. The van der Waals surface area contributed by atoms with Gasteiger partial charge in [-0.1, -0.05) is 23.2 Å². The molecule has 142 valence electrons. The Morgan fingerprint density at radius 3 is 2.52 bits per heavy atom. The lowest BCUT2D eigenvalue weighted by atomic mass is 10.00. The SMILES string of the molecule is Cl.O=C(O)CNCC1CCCN(S(=O)(=O)c2c(Cl)cc(F)cc2Cl)C1. The molecule has 25 heavy (non-hydrogen) atoms. The van der Waals surface area contributed by atoms with E-state index >= 15 is 0 Å². The molecule has 0 radical (unpaired) electrons. The molecule has 6 nitrogen and oxygen atoms in total. The average molecular weight is 436 g/mol. The highest BCUT2D eigenvalue weighted by Gasteiger charge is 2.33. The van der Waals surface area contributed by atoms with Crippen LogP contribution >= 0.6 is 35.6 Å². The first-order valence-electron chi connectivity index (χ1n) is 7.29. The third kappa shape index (κ3) is 5.67. The van der Waals surface area contributed by atoms with Crippen molar-refractivity contribution in [3.05, 3.63) is 28.0 Å². The molecular weight excluding hydrogens is 418 g/mol. The van der Waals surface area contributed by atoms with Gasteiger partial charge in [0.15, 0.2) is 0 Å². The van der Waals surface area contributed by atoms with Crippen LogP contribution in [-0.2, 0) is 14.8 Å². The number of piperidine rings is 1. The van der Waals surface area contributed by atoms with E-state index in [-0.39, 0.29) is 46.4 Å². The molecule has 11 heteroatoms. The van der Waals surface area contributed by atoms with Crippen molar-refractivity contribution in [1.29, 1.82) is 0 Å². The first-order chi connectivity index (χ1) is 11.2. The van der Waals surface area contributed by atoms with E-state index in [1.165, 1.54) is 4.31 Å². The summed E-state index contributed by atoms with van der Waals surface area (Å²) >= 11 is 11.8. The zero-order chi connectivity index (χ0) is 17.9. The quantitative estimate of drug-likeness (QED) is 0.717. The summed E-state index contributed by atoms with van der Waals surface area (Å²) in [4.78, 5) is 10.2. The van der Waals surface area contributed by atoms with Gasteiger partial charge in [-0.25, -0.2) is 12.8 Å². The average Bonchev–Trinajstić information content (AvgIpc) is 2.45. The Hall–Kier alpha value is -0.640. The summed E-state index contributed by atoms with van der Waals surface area (Å²) < 4.78 is 40.1. The van der Waals surface area contributed by atoms with Crippen molar-refractivity contribution in [3.8, 4) is 0 Å². The number of carbonyl (C=O) groups is 1. The van der Waals surface area contributed by atoms with Crippen LogP contribution in [0.3, 0.4) is 0 Å². The molecule has 1 heterocycles. The fourth-order valence-electron chi connectivity index (χ4n) is 2.70. The second-order valence-corrected chi connectivity index (χ2v) is 8.28. The zero-order valence-corrected chi connectivity index (χ0v) is 16.2. The second kappa shape index (κ2) is 9.34. The molecule has 0 saturated carbocycles. The van der Waals surface area contributed by atoms with Crippen LogP contribution in [0.2, 0.25) is 10.0 Å². The Bertz CT molecular complexity index is 710. The molecular formula is C14H18Cl3FN2O4S. The van der Waals surface area contributed by atoms with E-state index < -0.39 is 21.8 Å². The number of halogens is 4. The van der Waals surface area contributed by atoms with Crippen LogP contribution in [0.5, 0.6) is 0 Å². The number of sulfonamides is 1. The summed E-state index contributed by atoms with van der Waals surface area (Å²) in [6.45, 7) is 0.739. The van der Waals surface area contributed by atoms with Crippen molar-refractivity contribution >= 4 is 51.6 Å². The van der Waals surface area contributed by atoms with Gasteiger partial charge in [0, 0.05) is 13.1 Å². The lowest BCUT2D eigenvalue weighted by Crippen LogP contribution is -2.43. The van der Waals surface area contributed by atoms with E-state index in [1.807, 2.05) is 0 Å². The van der Waals surface area contributed by atoms with E-state index in [0.29, 0.717) is 19.5 Å². The lowest BCUT2D eigenvalue weighted by molar-refractivity contribution is -0.136. The summed E-state index contributed by atoms with van der Waals surface area (Å²) in [5, 5.41) is 10.9. The Kier molecular flexibility index (Phi) is 8.37. The van der Waals surface area contributed by atoms with Gasteiger partial charge in [-0.3, -0.25) is 4.79 Å². The molecule has 1 atom stereocenters. The molecule has 0 aliphatic carbocycles. The highest BCUT2D eigenvalue weighted by molar-refractivity contribution is 7.89. The number of benzene rings is 1. The molecule has 1 aliphatic heterocycles. The van der Waals surface area contributed by atoms with Crippen molar-refractivity contribution in [2.45, 2.75) is 17.7 Å². The largest absolute Gasteiger partial charge is 0.480 e. The van der Waals surface area contributed by atoms with Crippen LogP contribution in [0.4, 0.5) is 4.39 Å². The fraction of sp³-hybridized carbons (Fsp3) is 0.500. The van der Waals surface area contributed by atoms with Crippen LogP contribution in [-0.4, -0.2) is 50.0 Å². The normalized spacial score (nSPS) is 18.6. The van der Waals surface area contributed by atoms with Gasteiger partial charge in [0.05, 0.1) is 16.6 Å². The maximum Gasteiger partial charge on any atom is 0.317 e. The standard InChI is InChI=1S/C14H17Cl2FN2O4S.ClH/c15-11-4-10(17)5-12(16)14(11)24(22,23)19-3-1-2-9(8-19)6-18-7-13(20)21;/h4-5,9,18H,1-3,6-8H2,(H,20,21);1H. The number of carboxylic acids is 1. The second-order valence-electron chi connectivity index (χ2n) is 5.59. The van der Waals surface area contributed by atoms with Crippen LogP contribution in [0.1, 0.15) is 12.8 Å². The topological polar surface area (TPSA) is 86.7 Å². The predicted molar refractivity (Wildman–Crippen MR) is 95.7 cm³/mol. The van der Waals surface area contributed by atoms with E-state index in [0.717, 1.165) is 18.6 Å². The Morgan fingerprint density at radius 2 is 1.96 bits per heavy atom. The van der Waals surface area contributed by atoms with Crippen LogP contribution in [0.15, 0.2) is 17.0 Å². The highest BCUT2D eigenvalue weighted by atomic mass is 35.5. The Morgan fingerprint density at radius 1 is 1.36 bits per heavy atom. The molecule has 1 fully saturated rings. The predicted octanol–water partition coefficient (Wildman–Crippen LogP) is 2.63. The van der Waals surface area contributed by atoms with Crippen LogP contribution in [0, 0.1) is 11.7 Å². The van der Waals surface area contributed by atoms with Gasteiger partial charge in [0.2, 0.25) is 10.0 Å². The van der Waals surface area contributed by atoms with Crippen molar-refractivity contribution < 1.29 is 22.7 Å². The van der Waals surface area contributed by atoms with Gasteiger partial charge in [0.25, 0.3) is 0 Å². The zero-order valence-electron chi connectivity index (χ0n) is 13.0. The summed E-state index contributed by atoms with van der Waals surface area (Å²) in [6.07, 6.45) is 1.42. The molecule has 0 spiro atoms. The van der Waals surface area contributed by atoms with Crippen molar-refractivity contribution in [1.82, 2.24) is 9.62 Å². The maximum absolute atomic E-state index is 13.3. The Labute approximate surface area is 161 Å². The third-order valence-electron chi connectivity index (χ3n) is 3.75. The molecule has 1 aromatic carbocycles. The molecule has 2 N–H and O–H groups in total. The van der Waals surface area contributed by atoms with Gasteiger partial charge < -0.3 is 10.4 Å². The van der Waals surface area contributed by atoms with Gasteiger partial charge in [0.1, 0.15) is 10.7 Å². The number of hydrogen-bond acceptors (Lipinski definition) is 4. The summed E-state index contributed by atoms with van der Waals surface area (Å²) in [5.41, 5.74) is 0. The molecule has 0 aromatic heterocycles. The lowest BCUT2D eigenvalue weighted by Gasteiger charge is -2.32. The summed E-state index contributed by atoms with van der Waals surface area (Å²) in [5.74, 6) is -1.70. The molecule has 0 bridgehead atoms. The van der Waals surface area contributed by atoms with Crippen LogP contribution in [0.25, 0.3) is 0 Å². The minimum Gasteiger partial charge on any atom is -0.480 e. The van der Waals surface area contributed by atoms with E-state index in [4.69, 9.17) is 28.3 Å². The summed E-state index contributed by atoms with van der Waals surface area (Å²) in [7, 11) is -3.96. The van der Waals surface area contributed by atoms with Gasteiger partial charge in [-0.05, 0) is 37.4 Å².